The predicted octanol–water partition coefficient (Wildman–Crippen LogP) is 1.76. The summed E-state index contributed by atoms with van der Waals surface area (Å²) in [5, 5.41) is 5.03. The van der Waals surface area contributed by atoms with E-state index >= 15 is 0 Å². The number of amides is 2. The van der Waals surface area contributed by atoms with E-state index in [0.29, 0.717) is 47.6 Å². The lowest BCUT2D eigenvalue weighted by Crippen LogP contribution is -2.29. The monoisotopic (exact) mass is 342 g/mol. The summed E-state index contributed by atoms with van der Waals surface area (Å²) in [6, 6.07) is 9.82. The highest BCUT2D eigenvalue weighted by Crippen LogP contribution is 2.34. The van der Waals surface area contributed by atoms with Crippen LogP contribution in [-0.2, 0) is 9.59 Å². The molecule has 0 unspecified atom stereocenters. The predicted molar refractivity (Wildman–Crippen MR) is 87.3 cm³/mol. The zero-order chi connectivity index (χ0) is 17.2. The Labute approximate surface area is 142 Å². The third-order valence-corrected chi connectivity index (χ3v) is 3.64. The van der Waals surface area contributed by atoms with Crippen LogP contribution in [0.25, 0.3) is 0 Å². The van der Waals surface area contributed by atoms with E-state index in [0.717, 1.165) is 0 Å². The Morgan fingerprint density at radius 2 is 1.16 bits per heavy atom. The molecule has 2 amide bonds. The largest absolute Gasteiger partial charge is 0.486 e. The fourth-order valence-corrected chi connectivity index (χ4v) is 2.47. The van der Waals surface area contributed by atoms with Crippen LogP contribution < -0.4 is 29.6 Å². The SMILES string of the molecule is O=C(Nc1ccc2c(c1)OCCO2)C(=O)Nc1ccc2c(c1)OCO2. The van der Waals surface area contributed by atoms with Crippen molar-refractivity contribution in [1.29, 1.82) is 0 Å². The molecule has 0 saturated heterocycles. The van der Waals surface area contributed by atoms with Gasteiger partial charge in [-0.1, -0.05) is 0 Å². The first-order valence-corrected chi connectivity index (χ1v) is 7.61. The topological polar surface area (TPSA) is 95.1 Å². The van der Waals surface area contributed by atoms with Gasteiger partial charge >= 0.3 is 11.8 Å². The summed E-state index contributed by atoms with van der Waals surface area (Å²) in [6.07, 6.45) is 0. The van der Waals surface area contributed by atoms with E-state index < -0.39 is 11.8 Å². The molecule has 0 radical (unpaired) electrons. The van der Waals surface area contributed by atoms with E-state index in [2.05, 4.69) is 10.6 Å². The summed E-state index contributed by atoms with van der Waals surface area (Å²) in [5.74, 6) is 0.654. The van der Waals surface area contributed by atoms with Gasteiger partial charge < -0.3 is 29.6 Å². The first kappa shape index (κ1) is 15.1. The molecule has 0 fully saturated rings. The maximum Gasteiger partial charge on any atom is 0.314 e. The zero-order valence-corrected chi connectivity index (χ0v) is 13.0. The Hall–Kier alpha value is -3.42. The van der Waals surface area contributed by atoms with E-state index in [1.165, 1.54) is 0 Å². The van der Waals surface area contributed by atoms with Crippen molar-refractivity contribution >= 4 is 23.2 Å². The summed E-state index contributed by atoms with van der Waals surface area (Å²) in [4.78, 5) is 24.1. The Morgan fingerprint density at radius 1 is 0.680 bits per heavy atom. The highest BCUT2D eigenvalue weighted by molar-refractivity contribution is 6.43. The molecule has 0 aliphatic carbocycles. The average Bonchev–Trinajstić information content (AvgIpc) is 3.09. The molecule has 25 heavy (non-hydrogen) atoms. The Kier molecular flexibility index (Phi) is 3.77. The van der Waals surface area contributed by atoms with Gasteiger partial charge in [0.2, 0.25) is 6.79 Å². The fourth-order valence-electron chi connectivity index (χ4n) is 2.47. The van der Waals surface area contributed by atoms with Gasteiger partial charge in [-0.2, -0.15) is 0 Å². The molecule has 2 heterocycles. The molecule has 0 atom stereocenters. The molecule has 2 aliphatic rings. The molecular formula is C17H14N2O6. The standard InChI is InChI=1S/C17H14N2O6/c20-16(18-10-1-3-12-14(7-10)23-6-5-22-12)17(21)19-11-2-4-13-15(8-11)25-9-24-13/h1-4,7-8H,5-6,9H2,(H,18,20)(H,19,21). The van der Waals surface area contributed by atoms with Crippen LogP contribution in [0.2, 0.25) is 0 Å². The summed E-state index contributed by atoms with van der Waals surface area (Å²) in [7, 11) is 0. The third-order valence-electron chi connectivity index (χ3n) is 3.64. The molecule has 128 valence electrons. The molecule has 8 nitrogen and oxygen atoms in total. The van der Waals surface area contributed by atoms with E-state index in [1.807, 2.05) is 0 Å². The van der Waals surface area contributed by atoms with Gasteiger partial charge in [0.1, 0.15) is 13.2 Å². The molecule has 8 heteroatoms. The number of ether oxygens (including phenoxy) is 4. The minimum absolute atomic E-state index is 0.136. The lowest BCUT2D eigenvalue weighted by Gasteiger charge is -2.18. The molecule has 2 aromatic carbocycles. The lowest BCUT2D eigenvalue weighted by molar-refractivity contribution is -0.133. The van der Waals surface area contributed by atoms with Crippen molar-refractivity contribution in [1.82, 2.24) is 0 Å². The molecule has 0 aromatic heterocycles. The van der Waals surface area contributed by atoms with Crippen LogP contribution in [0.5, 0.6) is 23.0 Å². The molecular weight excluding hydrogens is 328 g/mol. The van der Waals surface area contributed by atoms with Gasteiger partial charge in [-0.05, 0) is 24.3 Å². The van der Waals surface area contributed by atoms with Gasteiger partial charge in [-0.25, -0.2) is 0 Å². The van der Waals surface area contributed by atoms with Gasteiger partial charge in [0.15, 0.2) is 23.0 Å². The number of hydrogen-bond donors (Lipinski definition) is 2. The van der Waals surface area contributed by atoms with Crippen molar-refractivity contribution in [2.24, 2.45) is 0 Å². The average molecular weight is 342 g/mol. The highest BCUT2D eigenvalue weighted by atomic mass is 16.7. The number of anilines is 2. The molecule has 2 N–H and O–H groups in total. The Morgan fingerprint density at radius 3 is 1.80 bits per heavy atom. The first-order valence-electron chi connectivity index (χ1n) is 7.61. The van der Waals surface area contributed by atoms with Crippen LogP contribution in [0.15, 0.2) is 36.4 Å². The number of nitrogens with one attached hydrogen (secondary N) is 2. The maximum absolute atomic E-state index is 12.1. The van der Waals surface area contributed by atoms with Gasteiger partial charge in [-0.15, -0.1) is 0 Å². The summed E-state index contributed by atoms with van der Waals surface area (Å²) >= 11 is 0. The number of carbonyl (C=O) groups excluding carboxylic acids is 2. The van der Waals surface area contributed by atoms with Crippen molar-refractivity contribution in [2.45, 2.75) is 0 Å². The zero-order valence-electron chi connectivity index (χ0n) is 13.0. The van der Waals surface area contributed by atoms with Crippen molar-refractivity contribution in [3.05, 3.63) is 36.4 Å². The van der Waals surface area contributed by atoms with Gasteiger partial charge in [0, 0.05) is 23.5 Å². The molecule has 0 bridgehead atoms. The number of hydrogen-bond acceptors (Lipinski definition) is 6. The lowest BCUT2D eigenvalue weighted by atomic mass is 10.2. The number of fused-ring (bicyclic) bond motifs is 2. The van der Waals surface area contributed by atoms with E-state index in [-0.39, 0.29) is 6.79 Å². The van der Waals surface area contributed by atoms with Crippen LogP contribution in [0.4, 0.5) is 11.4 Å². The van der Waals surface area contributed by atoms with Crippen LogP contribution in [0.3, 0.4) is 0 Å². The summed E-state index contributed by atoms with van der Waals surface area (Å²) < 4.78 is 21.3. The number of rotatable bonds is 2. The van der Waals surface area contributed by atoms with Gasteiger partial charge in [0.25, 0.3) is 0 Å². The van der Waals surface area contributed by atoms with Crippen molar-refractivity contribution < 1.29 is 28.5 Å². The minimum atomic E-state index is -0.797. The Balaban J connectivity index is 1.41. The second-order valence-electron chi connectivity index (χ2n) is 5.33. The molecule has 2 aliphatic heterocycles. The van der Waals surface area contributed by atoms with Crippen LogP contribution in [0, 0.1) is 0 Å². The molecule has 4 rings (SSSR count). The van der Waals surface area contributed by atoms with Gasteiger partial charge in [-0.3, -0.25) is 9.59 Å². The van der Waals surface area contributed by atoms with Gasteiger partial charge in [0.05, 0.1) is 0 Å². The highest BCUT2D eigenvalue weighted by Gasteiger charge is 2.19. The second-order valence-corrected chi connectivity index (χ2v) is 5.33. The van der Waals surface area contributed by atoms with Crippen LogP contribution in [0.1, 0.15) is 0 Å². The third kappa shape index (κ3) is 3.14. The van der Waals surface area contributed by atoms with Crippen molar-refractivity contribution in [3.8, 4) is 23.0 Å². The second kappa shape index (κ2) is 6.23. The van der Waals surface area contributed by atoms with E-state index in [9.17, 15) is 9.59 Å². The minimum Gasteiger partial charge on any atom is -0.486 e. The van der Waals surface area contributed by atoms with E-state index in [1.54, 1.807) is 36.4 Å². The van der Waals surface area contributed by atoms with Crippen molar-refractivity contribution in [2.75, 3.05) is 30.6 Å². The molecule has 0 saturated carbocycles. The quantitative estimate of drug-likeness (QED) is 0.808. The molecule has 0 spiro atoms. The summed E-state index contributed by atoms with van der Waals surface area (Å²) in [6.45, 7) is 1.06. The molecule has 2 aromatic rings. The fraction of sp³-hybridized carbons (Fsp3) is 0.176. The van der Waals surface area contributed by atoms with Crippen LogP contribution in [-0.4, -0.2) is 31.8 Å². The maximum atomic E-state index is 12.1. The van der Waals surface area contributed by atoms with E-state index in [4.69, 9.17) is 18.9 Å². The summed E-state index contributed by atoms with van der Waals surface area (Å²) in [5.41, 5.74) is 0.877. The number of carbonyl (C=O) groups is 2. The first-order chi connectivity index (χ1) is 12.2. The van der Waals surface area contributed by atoms with Crippen molar-refractivity contribution in [3.63, 3.8) is 0 Å². The number of benzene rings is 2. The van der Waals surface area contributed by atoms with Crippen LogP contribution >= 0.6 is 0 Å². The Bertz CT molecular complexity index is 851. The smallest absolute Gasteiger partial charge is 0.314 e. The normalized spacial score (nSPS) is 13.9.